The summed E-state index contributed by atoms with van der Waals surface area (Å²) in [6, 6.07) is 5.50. The topological polar surface area (TPSA) is 47.0 Å². The Labute approximate surface area is 111 Å². The smallest absolute Gasteiger partial charge is 0.226 e. The van der Waals surface area contributed by atoms with Crippen LogP contribution in [0.5, 0.6) is 11.6 Å². The Kier molecular flexibility index (Phi) is 3.67. The zero-order chi connectivity index (χ0) is 13.1. The average molecular weight is 264 g/mol. The minimum atomic E-state index is 0.529. The number of nitrogens with one attached hydrogen (secondary N) is 1. The van der Waals surface area contributed by atoms with Crippen molar-refractivity contribution < 1.29 is 4.74 Å². The van der Waals surface area contributed by atoms with Crippen LogP contribution in [0.2, 0.25) is 5.02 Å². The third-order valence-corrected chi connectivity index (χ3v) is 2.92. The fourth-order valence-corrected chi connectivity index (χ4v) is 1.56. The quantitative estimate of drug-likeness (QED) is 0.919. The van der Waals surface area contributed by atoms with Crippen LogP contribution in [-0.4, -0.2) is 17.0 Å². The average Bonchev–Trinajstić information content (AvgIpc) is 2.36. The van der Waals surface area contributed by atoms with Crippen molar-refractivity contribution in [2.75, 3.05) is 12.4 Å². The van der Waals surface area contributed by atoms with Crippen LogP contribution in [0.25, 0.3) is 0 Å². The molecule has 0 bridgehead atoms. The molecule has 0 unspecified atom stereocenters. The zero-order valence-electron chi connectivity index (χ0n) is 10.5. The second-order valence-corrected chi connectivity index (χ2v) is 4.35. The van der Waals surface area contributed by atoms with E-state index >= 15 is 0 Å². The van der Waals surface area contributed by atoms with Crippen molar-refractivity contribution in [3.63, 3.8) is 0 Å². The molecule has 1 N–H and O–H groups in total. The first kappa shape index (κ1) is 12.6. The molecular weight excluding hydrogens is 250 g/mol. The molecule has 0 aliphatic rings. The van der Waals surface area contributed by atoms with Gasteiger partial charge in [-0.3, -0.25) is 0 Å². The number of hydrogen-bond donors (Lipinski definition) is 1. The number of benzene rings is 1. The molecule has 0 saturated heterocycles. The summed E-state index contributed by atoms with van der Waals surface area (Å²) in [4.78, 5) is 8.37. The maximum Gasteiger partial charge on any atom is 0.226 e. The van der Waals surface area contributed by atoms with Crippen LogP contribution >= 0.6 is 11.6 Å². The molecule has 94 valence electrons. The summed E-state index contributed by atoms with van der Waals surface area (Å²) in [5, 5.41) is 3.60. The number of halogens is 1. The van der Waals surface area contributed by atoms with Gasteiger partial charge in [0.15, 0.2) is 0 Å². The highest BCUT2D eigenvalue weighted by Crippen LogP contribution is 2.26. The lowest BCUT2D eigenvalue weighted by Gasteiger charge is -2.09. The van der Waals surface area contributed by atoms with E-state index in [0.29, 0.717) is 17.6 Å². The maximum atomic E-state index is 5.97. The van der Waals surface area contributed by atoms with Crippen molar-refractivity contribution in [3.8, 4) is 11.6 Å². The minimum Gasteiger partial charge on any atom is -0.439 e. The van der Waals surface area contributed by atoms with Gasteiger partial charge in [0.2, 0.25) is 11.8 Å². The lowest BCUT2D eigenvalue weighted by molar-refractivity contribution is 0.458. The van der Waals surface area contributed by atoms with Gasteiger partial charge in [-0.25, -0.2) is 4.98 Å². The highest BCUT2D eigenvalue weighted by molar-refractivity contribution is 6.31. The normalized spacial score (nSPS) is 10.2. The molecule has 18 heavy (non-hydrogen) atoms. The van der Waals surface area contributed by atoms with Crippen LogP contribution in [0.4, 0.5) is 5.95 Å². The summed E-state index contributed by atoms with van der Waals surface area (Å²) in [5.41, 5.74) is 1.84. The number of anilines is 1. The molecular formula is C13H14ClN3O. The van der Waals surface area contributed by atoms with Crippen LogP contribution in [0, 0.1) is 13.8 Å². The summed E-state index contributed by atoms with van der Waals surface area (Å²) < 4.78 is 5.74. The van der Waals surface area contributed by atoms with Crippen LogP contribution in [0.1, 0.15) is 11.1 Å². The Morgan fingerprint density at radius 3 is 2.67 bits per heavy atom. The number of aromatic nitrogens is 2. The highest BCUT2D eigenvalue weighted by Gasteiger charge is 2.06. The van der Waals surface area contributed by atoms with Crippen molar-refractivity contribution in [1.29, 1.82) is 0 Å². The number of rotatable bonds is 3. The van der Waals surface area contributed by atoms with Gasteiger partial charge in [0.05, 0.1) is 0 Å². The van der Waals surface area contributed by atoms with Crippen LogP contribution in [0.15, 0.2) is 24.4 Å². The van der Waals surface area contributed by atoms with Crippen LogP contribution < -0.4 is 10.1 Å². The van der Waals surface area contributed by atoms with E-state index in [-0.39, 0.29) is 0 Å². The molecule has 5 heteroatoms. The summed E-state index contributed by atoms with van der Waals surface area (Å²) in [5.74, 6) is 1.78. The van der Waals surface area contributed by atoms with Gasteiger partial charge in [-0.05, 0) is 37.6 Å². The highest BCUT2D eigenvalue weighted by atomic mass is 35.5. The summed E-state index contributed by atoms with van der Waals surface area (Å²) in [7, 11) is 1.76. The molecule has 0 aliphatic heterocycles. The van der Waals surface area contributed by atoms with Gasteiger partial charge in [0.25, 0.3) is 0 Å². The molecule has 0 saturated carbocycles. The van der Waals surface area contributed by atoms with E-state index in [1.807, 2.05) is 32.0 Å². The Hall–Kier alpha value is -1.81. The molecule has 0 spiro atoms. The third-order valence-electron chi connectivity index (χ3n) is 2.49. The first-order valence-corrected chi connectivity index (χ1v) is 5.93. The standard InChI is InChI=1S/C13H14ClN3O/c1-8-6-10(4-5-11(8)14)18-12-9(2)7-16-13(15-3)17-12/h4-7H,1-3H3,(H,15,16,17). The van der Waals surface area contributed by atoms with Crippen molar-refractivity contribution in [2.45, 2.75) is 13.8 Å². The van der Waals surface area contributed by atoms with E-state index in [9.17, 15) is 0 Å². The Morgan fingerprint density at radius 2 is 2.00 bits per heavy atom. The van der Waals surface area contributed by atoms with E-state index in [1.54, 1.807) is 13.2 Å². The van der Waals surface area contributed by atoms with Crippen molar-refractivity contribution in [3.05, 3.63) is 40.5 Å². The van der Waals surface area contributed by atoms with Gasteiger partial charge in [-0.2, -0.15) is 4.98 Å². The summed E-state index contributed by atoms with van der Waals surface area (Å²) in [6.07, 6.45) is 1.72. The fraction of sp³-hybridized carbons (Fsp3) is 0.231. The lowest BCUT2D eigenvalue weighted by Crippen LogP contribution is -1.99. The largest absolute Gasteiger partial charge is 0.439 e. The van der Waals surface area contributed by atoms with Gasteiger partial charge in [-0.15, -0.1) is 0 Å². The van der Waals surface area contributed by atoms with E-state index in [4.69, 9.17) is 16.3 Å². The molecule has 0 fully saturated rings. The Bertz CT molecular complexity index is 572. The fourth-order valence-electron chi connectivity index (χ4n) is 1.44. The van der Waals surface area contributed by atoms with Crippen molar-refractivity contribution >= 4 is 17.5 Å². The molecule has 1 aromatic heterocycles. The van der Waals surface area contributed by atoms with Crippen molar-refractivity contribution in [1.82, 2.24) is 9.97 Å². The summed E-state index contributed by atoms with van der Waals surface area (Å²) >= 11 is 5.97. The maximum absolute atomic E-state index is 5.97. The molecule has 2 rings (SSSR count). The third kappa shape index (κ3) is 2.71. The zero-order valence-corrected chi connectivity index (χ0v) is 11.2. The molecule has 0 aliphatic carbocycles. The Balaban J connectivity index is 2.30. The molecule has 0 amide bonds. The summed E-state index contributed by atoms with van der Waals surface area (Å²) in [6.45, 7) is 3.83. The molecule has 4 nitrogen and oxygen atoms in total. The first-order valence-electron chi connectivity index (χ1n) is 5.55. The number of ether oxygens (including phenoxy) is 1. The van der Waals surface area contributed by atoms with E-state index in [0.717, 1.165) is 16.1 Å². The predicted octanol–water partition coefficient (Wildman–Crippen LogP) is 3.58. The SMILES string of the molecule is CNc1ncc(C)c(Oc2ccc(Cl)c(C)c2)n1. The number of hydrogen-bond acceptors (Lipinski definition) is 4. The monoisotopic (exact) mass is 263 g/mol. The van der Waals surface area contributed by atoms with Crippen LogP contribution in [0.3, 0.4) is 0 Å². The van der Waals surface area contributed by atoms with Crippen molar-refractivity contribution in [2.24, 2.45) is 0 Å². The first-order chi connectivity index (χ1) is 8.60. The lowest BCUT2D eigenvalue weighted by atomic mass is 10.2. The minimum absolute atomic E-state index is 0.529. The van der Waals surface area contributed by atoms with E-state index in [1.165, 1.54) is 0 Å². The molecule has 0 radical (unpaired) electrons. The Morgan fingerprint density at radius 1 is 1.22 bits per heavy atom. The second-order valence-electron chi connectivity index (χ2n) is 3.94. The van der Waals surface area contributed by atoms with Gasteiger partial charge >= 0.3 is 0 Å². The van der Waals surface area contributed by atoms with Gasteiger partial charge in [0, 0.05) is 23.8 Å². The van der Waals surface area contributed by atoms with Gasteiger partial charge < -0.3 is 10.1 Å². The van der Waals surface area contributed by atoms with Crippen LogP contribution in [-0.2, 0) is 0 Å². The molecule has 1 heterocycles. The molecule has 2 aromatic rings. The second kappa shape index (κ2) is 5.23. The van der Waals surface area contributed by atoms with E-state index in [2.05, 4.69) is 15.3 Å². The number of aryl methyl sites for hydroxylation is 2. The molecule has 1 aromatic carbocycles. The van der Waals surface area contributed by atoms with Gasteiger partial charge in [0.1, 0.15) is 5.75 Å². The number of nitrogens with zero attached hydrogens (tertiary/aromatic N) is 2. The molecule has 0 atom stereocenters. The predicted molar refractivity (Wildman–Crippen MR) is 72.6 cm³/mol. The van der Waals surface area contributed by atoms with Gasteiger partial charge in [-0.1, -0.05) is 11.6 Å². The van der Waals surface area contributed by atoms with E-state index < -0.39 is 0 Å².